The van der Waals surface area contributed by atoms with Crippen LogP contribution in [0.1, 0.15) is 30.4 Å². The van der Waals surface area contributed by atoms with Crippen molar-refractivity contribution in [2.75, 3.05) is 0 Å². The minimum atomic E-state index is -4.38. The fraction of sp³-hybridized carbons (Fsp3) is 0.429. The van der Waals surface area contributed by atoms with Crippen molar-refractivity contribution in [2.45, 2.75) is 31.5 Å². The number of halogens is 3. The number of amides is 1. The Hall–Kier alpha value is -2.05. The average molecular weight is 301 g/mol. The number of aliphatic carboxylic acids is 1. The summed E-state index contributed by atoms with van der Waals surface area (Å²) in [6.07, 6.45) is -3.86. The summed E-state index contributed by atoms with van der Waals surface area (Å²) in [5.74, 6) is -2.03. The van der Waals surface area contributed by atoms with Crippen LogP contribution >= 0.6 is 0 Å². The Bertz CT molecular complexity index is 554. The summed E-state index contributed by atoms with van der Waals surface area (Å²) < 4.78 is 37.3. The van der Waals surface area contributed by atoms with Gasteiger partial charge in [0.1, 0.15) is 6.04 Å². The lowest BCUT2D eigenvalue weighted by molar-refractivity contribution is -0.141. The zero-order valence-corrected chi connectivity index (χ0v) is 11.1. The zero-order valence-electron chi connectivity index (χ0n) is 11.1. The van der Waals surface area contributed by atoms with Gasteiger partial charge in [-0.1, -0.05) is 12.1 Å². The predicted molar refractivity (Wildman–Crippen MR) is 67.5 cm³/mol. The Kier molecular flexibility index (Phi) is 3.93. The molecule has 3 atom stereocenters. The molecule has 0 aromatic heterocycles. The van der Waals surface area contributed by atoms with Gasteiger partial charge in [-0.3, -0.25) is 9.59 Å². The molecule has 4 nitrogen and oxygen atoms in total. The lowest BCUT2D eigenvalue weighted by atomic mass is 10.1. The van der Waals surface area contributed by atoms with Gasteiger partial charge in [0.05, 0.1) is 5.56 Å². The lowest BCUT2D eigenvalue weighted by Gasteiger charge is -2.09. The first-order chi connectivity index (χ1) is 9.70. The molecule has 0 saturated heterocycles. The molecule has 21 heavy (non-hydrogen) atoms. The summed E-state index contributed by atoms with van der Waals surface area (Å²) >= 11 is 0. The third kappa shape index (κ3) is 3.53. The maximum Gasteiger partial charge on any atom is 0.416 e. The molecule has 1 fully saturated rings. The summed E-state index contributed by atoms with van der Waals surface area (Å²) in [4.78, 5) is 22.4. The first-order valence-electron chi connectivity index (χ1n) is 6.40. The van der Waals surface area contributed by atoms with Crippen LogP contribution in [-0.4, -0.2) is 23.0 Å². The second-order valence-electron chi connectivity index (χ2n) is 5.14. The molecule has 2 N–H and O–H groups in total. The van der Waals surface area contributed by atoms with Gasteiger partial charge in [-0.05, 0) is 37.0 Å². The highest BCUT2D eigenvalue weighted by Gasteiger charge is 2.44. The van der Waals surface area contributed by atoms with Crippen molar-refractivity contribution in [3.05, 3.63) is 35.4 Å². The fourth-order valence-electron chi connectivity index (χ4n) is 2.15. The molecule has 1 amide bonds. The van der Waals surface area contributed by atoms with E-state index in [4.69, 9.17) is 5.11 Å². The van der Waals surface area contributed by atoms with E-state index in [0.717, 1.165) is 12.1 Å². The van der Waals surface area contributed by atoms with Gasteiger partial charge in [0, 0.05) is 5.92 Å². The molecule has 0 unspecified atom stereocenters. The van der Waals surface area contributed by atoms with Gasteiger partial charge >= 0.3 is 12.1 Å². The molecular weight excluding hydrogens is 287 g/mol. The van der Waals surface area contributed by atoms with E-state index in [1.54, 1.807) is 0 Å². The molecule has 114 valence electrons. The summed E-state index contributed by atoms with van der Waals surface area (Å²) in [6.45, 7) is 1.36. The second-order valence-corrected chi connectivity index (χ2v) is 5.14. The minimum Gasteiger partial charge on any atom is -0.480 e. The lowest BCUT2D eigenvalue weighted by Crippen LogP contribution is -2.39. The first kappa shape index (κ1) is 15.3. The number of carboxylic acids is 1. The number of carboxylic acid groups (broad SMARTS) is 1. The van der Waals surface area contributed by atoms with E-state index in [2.05, 4.69) is 5.32 Å². The van der Waals surface area contributed by atoms with Crippen molar-refractivity contribution in [3.63, 3.8) is 0 Å². The van der Waals surface area contributed by atoms with Gasteiger partial charge in [0.25, 0.3) is 0 Å². The topological polar surface area (TPSA) is 66.4 Å². The zero-order chi connectivity index (χ0) is 15.8. The normalized spacial score (nSPS) is 22.5. The number of nitrogens with one attached hydrogen (secondary N) is 1. The number of hydrogen-bond donors (Lipinski definition) is 2. The predicted octanol–water partition coefficient (Wildman–Crippen LogP) is 2.40. The molecule has 1 saturated carbocycles. The van der Waals surface area contributed by atoms with Crippen LogP contribution in [0, 0.1) is 5.92 Å². The molecule has 7 heteroatoms. The van der Waals surface area contributed by atoms with Crippen LogP contribution in [0.5, 0.6) is 0 Å². The van der Waals surface area contributed by atoms with Gasteiger partial charge in [0.15, 0.2) is 0 Å². The van der Waals surface area contributed by atoms with Crippen LogP contribution in [0.2, 0.25) is 0 Å². The van der Waals surface area contributed by atoms with E-state index >= 15 is 0 Å². The summed E-state index contributed by atoms with van der Waals surface area (Å²) in [7, 11) is 0. The third-order valence-corrected chi connectivity index (χ3v) is 3.52. The van der Waals surface area contributed by atoms with Crippen molar-refractivity contribution >= 4 is 11.9 Å². The van der Waals surface area contributed by atoms with Crippen LogP contribution in [0.15, 0.2) is 24.3 Å². The highest BCUT2D eigenvalue weighted by atomic mass is 19.4. The van der Waals surface area contributed by atoms with Gasteiger partial charge in [0.2, 0.25) is 5.91 Å². The van der Waals surface area contributed by atoms with Crippen molar-refractivity contribution in [1.29, 1.82) is 0 Å². The fourth-order valence-corrected chi connectivity index (χ4v) is 2.15. The molecular formula is C14H14F3NO3. The molecule has 2 rings (SSSR count). The van der Waals surface area contributed by atoms with Gasteiger partial charge in [-0.15, -0.1) is 0 Å². The van der Waals surface area contributed by atoms with Gasteiger partial charge in [-0.2, -0.15) is 13.2 Å². The molecule has 0 bridgehead atoms. The molecule has 0 radical (unpaired) electrons. The Morgan fingerprint density at radius 2 is 1.86 bits per heavy atom. The molecule has 1 aliphatic carbocycles. The quantitative estimate of drug-likeness (QED) is 0.897. The van der Waals surface area contributed by atoms with E-state index in [9.17, 15) is 22.8 Å². The van der Waals surface area contributed by atoms with Crippen LogP contribution in [0.25, 0.3) is 0 Å². The van der Waals surface area contributed by atoms with Crippen molar-refractivity contribution < 1.29 is 27.9 Å². The standard InChI is InChI=1S/C14H14F3NO3/c1-7(13(20)21)18-12(19)11-6-10(11)8-2-4-9(5-3-8)14(15,16)17/h2-5,7,10-11H,6H2,1H3,(H,18,19)(H,20,21)/t7-,10-,11+/m0/s1. The number of carbonyl (C=O) groups excluding carboxylic acids is 1. The number of hydrogen-bond acceptors (Lipinski definition) is 2. The Labute approximate surface area is 119 Å². The Morgan fingerprint density at radius 3 is 2.33 bits per heavy atom. The molecule has 0 heterocycles. The summed E-state index contributed by atoms with van der Waals surface area (Å²) in [5, 5.41) is 11.1. The highest BCUT2D eigenvalue weighted by molar-refractivity contribution is 5.87. The third-order valence-electron chi connectivity index (χ3n) is 3.52. The maximum absolute atomic E-state index is 12.4. The van der Waals surface area contributed by atoms with Crippen LogP contribution in [0.3, 0.4) is 0 Å². The van der Waals surface area contributed by atoms with Crippen molar-refractivity contribution in [1.82, 2.24) is 5.32 Å². The monoisotopic (exact) mass is 301 g/mol. The molecule has 0 aliphatic heterocycles. The van der Waals surface area contributed by atoms with E-state index in [1.807, 2.05) is 0 Å². The molecule has 1 aromatic rings. The largest absolute Gasteiger partial charge is 0.480 e. The van der Waals surface area contributed by atoms with Crippen LogP contribution in [-0.2, 0) is 15.8 Å². The van der Waals surface area contributed by atoms with E-state index < -0.39 is 23.8 Å². The summed E-state index contributed by atoms with van der Waals surface area (Å²) in [5.41, 5.74) is -0.0708. The Morgan fingerprint density at radius 1 is 1.29 bits per heavy atom. The number of alkyl halides is 3. The SMILES string of the molecule is C[C@H](NC(=O)[C@@H]1C[C@H]1c1ccc(C(F)(F)F)cc1)C(=O)O. The van der Waals surface area contributed by atoms with Gasteiger partial charge in [-0.25, -0.2) is 0 Å². The van der Waals surface area contributed by atoms with Gasteiger partial charge < -0.3 is 10.4 Å². The summed E-state index contributed by atoms with van der Waals surface area (Å²) in [6, 6.07) is 3.72. The van der Waals surface area contributed by atoms with Crippen molar-refractivity contribution in [3.8, 4) is 0 Å². The number of rotatable bonds is 4. The average Bonchev–Trinajstić information content (AvgIpc) is 3.18. The smallest absolute Gasteiger partial charge is 0.416 e. The first-order valence-corrected chi connectivity index (χ1v) is 6.40. The van der Waals surface area contributed by atoms with Crippen molar-refractivity contribution in [2.24, 2.45) is 5.92 Å². The van der Waals surface area contributed by atoms with Crippen LogP contribution in [0.4, 0.5) is 13.2 Å². The molecule has 0 spiro atoms. The Balaban J connectivity index is 1.97. The van der Waals surface area contributed by atoms with E-state index in [1.165, 1.54) is 19.1 Å². The number of benzene rings is 1. The maximum atomic E-state index is 12.4. The van der Waals surface area contributed by atoms with Crippen LogP contribution < -0.4 is 5.32 Å². The minimum absolute atomic E-state index is 0.145. The highest BCUT2D eigenvalue weighted by Crippen LogP contribution is 2.48. The molecule has 1 aromatic carbocycles. The van der Waals surface area contributed by atoms with E-state index in [0.29, 0.717) is 12.0 Å². The van der Waals surface area contributed by atoms with E-state index in [-0.39, 0.29) is 17.7 Å². The second kappa shape index (κ2) is 5.38. The number of carbonyl (C=O) groups is 2. The molecule has 1 aliphatic rings.